The molecule has 2 heterocycles. The lowest BCUT2D eigenvalue weighted by Gasteiger charge is -2.12. The van der Waals surface area contributed by atoms with Crippen molar-refractivity contribution < 1.29 is 9.53 Å². The summed E-state index contributed by atoms with van der Waals surface area (Å²) in [4.78, 5) is 11.6. The second-order valence-electron chi connectivity index (χ2n) is 4.53. The predicted octanol–water partition coefficient (Wildman–Crippen LogP) is 0.281. The van der Waals surface area contributed by atoms with Crippen LogP contribution in [0.1, 0.15) is 25.7 Å². The summed E-state index contributed by atoms with van der Waals surface area (Å²) in [5.41, 5.74) is 0. The average molecular weight is 212 g/mol. The summed E-state index contributed by atoms with van der Waals surface area (Å²) >= 11 is 0. The molecule has 2 unspecified atom stereocenters. The Morgan fingerprint density at radius 2 is 2.40 bits per heavy atom. The first kappa shape index (κ1) is 10.9. The first-order chi connectivity index (χ1) is 7.34. The van der Waals surface area contributed by atoms with Crippen molar-refractivity contribution in [2.45, 2.75) is 31.7 Å². The van der Waals surface area contributed by atoms with Crippen LogP contribution in [0, 0.1) is 5.92 Å². The molecule has 0 spiro atoms. The van der Waals surface area contributed by atoms with Gasteiger partial charge in [0.05, 0.1) is 6.61 Å². The van der Waals surface area contributed by atoms with Crippen LogP contribution in [-0.2, 0) is 9.53 Å². The number of carbonyl (C=O) groups excluding carboxylic acids is 1. The minimum Gasteiger partial charge on any atom is -0.381 e. The Bertz CT molecular complexity index is 209. The highest BCUT2D eigenvalue weighted by Crippen LogP contribution is 2.11. The third-order valence-corrected chi connectivity index (χ3v) is 3.21. The Labute approximate surface area is 90.8 Å². The molecular formula is C11H20N2O2. The van der Waals surface area contributed by atoms with Gasteiger partial charge in [0.25, 0.3) is 0 Å². The highest BCUT2D eigenvalue weighted by atomic mass is 16.5. The SMILES string of the molecule is O=C(CC1CCCN1)NCC1CCOC1. The molecule has 86 valence electrons. The molecule has 15 heavy (non-hydrogen) atoms. The third kappa shape index (κ3) is 3.47. The van der Waals surface area contributed by atoms with E-state index in [0.29, 0.717) is 18.4 Å². The van der Waals surface area contributed by atoms with E-state index in [1.165, 1.54) is 6.42 Å². The molecule has 4 nitrogen and oxygen atoms in total. The minimum atomic E-state index is 0.182. The molecule has 0 aromatic carbocycles. The van der Waals surface area contributed by atoms with Crippen LogP contribution >= 0.6 is 0 Å². The normalized spacial score (nSPS) is 30.7. The van der Waals surface area contributed by atoms with Crippen LogP contribution in [0.5, 0.6) is 0 Å². The van der Waals surface area contributed by atoms with Crippen LogP contribution in [0.15, 0.2) is 0 Å². The van der Waals surface area contributed by atoms with E-state index in [0.717, 1.165) is 39.1 Å². The minimum absolute atomic E-state index is 0.182. The predicted molar refractivity (Wildman–Crippen MR) is 57.6 cm³/mol. The molecule has 2 aliphatic rings. The van der Waals surface area contributed by atoms with Gasteiger partial charge < -0.3 is 15.4 Å². The van der Waals surface area contributed by atoms with Crippen LogP contribution in [0.25, 0.3) is 0 Å². The Kier molecular flexibility index (Phi) is 3.97. The van der Waals surface area contributed by atoms with Gasteiger partial charge in [-0.2, -0.15) is 0 Å². The lowest BCUT2D eigenvalue weighted by molar-refractivity contribution is -0.121. The van der Waals surface area contributed by atoms with Crippen LogP contribution in [0.3, 0.4) is 0 Å². The lowest BCUT2D eigenvalue weighted by Crippen LogP contribution is -2.34. The fourth-order valence-corrected chi connectivity index (χ4v) is 2.23. The van der Waals surface area contributed by atoms with Crippen LogP contribution in [0.2, 0.25) is 0 Å². The summed E-state index contributed by atoms with van der Waals surface area (Å²) in [5, 5.41) is 6.32. The summed E-state index contributed by atoms with van der Waals surface area (Å²) in [6.45, 7) is 3.51. The van der Waals surface area contributed by atoms with Gasteiger partial charge in [0.15, 0.2) is 0 Å². The molecule has 0 aliphatic carbocycles. The number of rotatable bonds is 4. The summed E-state index contributed by atoms with van der Waals surface area (Å²) in [7, 11) is 0. The van der Waals surface area contributed by atoms with E-state index in [-0.39, 0.29) is 5.91 Å². The van der Waals surface area contributed by atoms with Gasteiger partial charge in [-0.25, -0.2) is 0 Å². The average Bonchev–Trinajstić information content (AvgIpc) is 2.86. The van der Waals surface area contributed by atoms with Crippen molar-refractivity contribution in [2.75, 3.05) is 26.3 Å². The molecule has 2 rings (SSSR count). The van der Waals surface area contributed by atoms with Gasteiger partial charge in [-0.3, -0.25) is 4.79 Å². The van der Waals surface area contributed by atoms with E-state index in [1.54, 1.807) is 0 Å². The van der Waals surface area contributed by atoms with Gasteiger partial charge in [0.2, 0.25) is 5.91 Å². The molecule has 1 amide bonds. The first-order valence-corrected chi connectivity index (χ1v) is 5.92. The van der Waals surface area contributed by atoms with Crippen molar-refractivity contribution >= 4 is 5.91 Å². The van der Waals surface area contributed by atoms with Crippen molar-refractivity contribution in [3.63, 3.8) is 0 Å². The maximum atomic E-state index is 11.6. The second kappa shape index (κ2) is 5.47. The Morgan fingerprint density at radius 3 is 3.07 bits per heavy atom. The molecule has 2 N–H and O–H groups in total. The molecular weight excluding hydrogens is 192 g/mol. The van der Waals surface area contributed by atoms with E-state index >= 15 is 0 Å². The maximum Gasteiger partial charge on any atom is 0.221 e. The molecule has 2 atom stereocenters. The van der Waals surface area contributed by atoms with Crippen LogP contribution in [0.4, 0.5) is 0 Å². The molecule has 4 heteroatoms. The van der Waals surface area contributed by atoms with E-state index in [2.05, 4.69) is 10.6 Å². The maximum absolute atomic E-state index is 11.6. The van der Waals surface area contributed by atoms with Crippen molar-refractivity contribution in [2.24, 2.45) is 5.92 Å². The summed E-state index contributed by atoms with van der Waals surface area (Å²) in [5.74, 6) is 0.715. The van der Waals surface area contributed by atoms with Crippen molar-refractivity contribution in [3.8, 4) is 0 Å². The van der Waals surface area contributed by atoms with E-state index < -0.39 is 0 Å². The molecule has 0 radical (unpaired) electrons. The van der Waals surface area contributed by atoms with Crippen molar-refractivity contribution in [1.29, 1.82) is 0 Å². The van der Waals surface area contributed by atoms with E-state index in [1.807, 2.05) is 0 Å². The van der Waals surface area contributed by atoms with Crippen LogP contribution < -0.4 is 10.6 Å². The second-order valence-corrected chi connectivity index (χ2v) is 4.53. The largest absolute Gasteiger partial charge is 0.381 e. The molecule has 2 saturated heterocycles. The van der Waals surface area contributed by atoms with Gasteiger partial charge in [0, 0.05) is 31.5 Å². The summed E-state index contributed by atoms with van der Waals surface area (Å²) in [6, 6.07) is 0.407. The van der Waals surface area contributed by atoms with Gasteiger partial charge in [-0.1, -0.05) is 0 Å². The van der Waals surface area contributed by atoms with E-state index in [4.69, 9.17) is 4.74 Å². The number of carbonyl (C=O) groups is 1. The number of amides is 1. The highest BCUT2D eigenvalue weighted by molar-refractivity contribution is 5.76. The highest BCUT2D eigenvalue weighted by Gasteiger charge is 2.19. The zero-order valence-electron chi connectivity index (χ0n) is 9.13. The fraction of sp³-hybridized carbons (Fsp3) is 0.909. The zero-order chi connectivity index (χ0) is 10.5. The summed E-state index contributed by atoms with van der Waals surface area (Å²) < 4.78 is 5.26. The fourth-order valence-electron chi connectivity index (χ4n) is 2.23. The first-order valence-electron chi connectivity index (χ1n) is 5.92. The Hall–Kier alpha value is -0.610. The van der Waals surface area contributed by atoms with Gasteiger partial charge in [-0.05, 0) is 25.8 Å². The number of hydrogen-bond acceptors (Lipinski definition) is 3. The standard InChI is InChI=1S/C11H20N2O2/c14-11(6-10-2-1-4-12-10)13-7-9-3-5-15-8-9/h9-10,12H,1-8H2,(H,13,14). The Morgan fingerprint density at radius 1 is 1.47 bits per heavy atom. The summed E-state index contributed by atoms with van der Waals surface area (Å²) in [6.07, 6.45) is 4.06. The molecule has 0 aromatic heterocycles. The van der Waals surface area contributed by atoms with Crippen LogP contribution in [-0.4, -0.2) is 38.3 Å². The number of hydrogen-bond donors (Lipinski definition) is 2. The van der Waals surface area contributed by atoms with E-state index in [9.17, 15) is 4.79 Å². The molecule has 0 aromatic rings. The van der Waals surface area contributed by atoms with Gasteiger partial charge in [0.1, 0.15) is 0 Å². The molecule has 2 aliphatic heterocycles. The van der Waals surface area contributed by atoms with Gasteiger partial charge >= 0.3 is 0 Å². The third-order valence-electron chi connectivity index (χ3n) is 3.21. The Balaban J connectivity index is 1.59. The topological polar surface area (TPSA) is 50.4 Å². The quantitative estimate of drug-likeness (QED) is 0.704. The smallest absolute Gasteiger partial charge is 0.221 e. The van der Waals surface area contributed by atoms with Crippen molar-refractivity contribution in [3.05, 3.63) is 0 Å². The zero-order valence-corrected chi connectivity index (χ0v) is 9.13. The molecule has 0 bridgehead atoms. The number of ether oxygens (including phenoxy) is 1. The van der Waals surface area contributed by atoms with Gasteiger partial charge in [-0.15, -0.1) is 0 Å². The molecule has 0 saturated carbocycles. The lowest BCUT2D eigenvalue weighted by atomic mass is 10.1. The monoisotopic (exact) mass is 212 g/mol. The number of nitrogens with one attached hydrogen (secondary N) is 2. The molecule has 2 fully saturated rings. The van der Waals surface area contributed by atoms with Crippen molar-refractivity contribution in [1.82, 2.24) is 10.6 Å².